The fraction of sp³-hybridized carbons (Fsp3) is 0.375. The molecule has 1 aromatic carbocycles. The maximum Gasteiger partial charge on any atom is 0.338 e. The van der Waals surface area contributed by atoms with Crippen LogP contribution in [0.25, 0.3) is 0 Å². The molecule has 130 valence electrons. The van der Waals surface area contributed by atoms with Crippen LogP contribution in [0.4, 0.5) is 0 Å². The van der Waals surface area contributed by atoms with Crippen LogP contribution in [0.15, 0.2) is 27.9 Å². The first-order chi connectivity index (χ1) is 11.4. The molecule has 0 aliphatic carbocycles. The average Bonchev–Trinajstić information content (AvgIpc) is 2.53. The lowest BCUT2D eigenvalue weighted by molar-refractivity contribution is -0.139. The molecule has 0 spiro atoms. The van der Waals surface area contributed by atoms with Gasteiger partial charge in [-0.25, -0.2) is 4.79 Å². The van der Waals surface area contributed by atoms with Crippen LogP contribution >= 0.6 is 28.1 Å². The molecule has 1 atom stereocenters. The fourth-order valence-corrected chi connectivity index (χ4v) is 3.42. The molecule has 0 fully saturated rings. The Kier molecular flexibility index (Phi) is 6.06. The third-order valence-electron chi connectivity index (χ3n) is 3.55. The van der Waals surface area contributed by atoms with Crippen molar-refractivity contribution in [1.82, 2.24) is 10.6 Å². The molecule has 1 aliphatic rings. The van der Waals surface area contributed by atoms with E-state index >= 15 is 0 Å². The van der Waals surface area contributed by atoms with Crippen molar-refractivity contribution < 1.29 is 19.0 Å². The van der Waals surface area contributed by atoms with Crippen LogP contribution in [0, 0.1) is 0 Å². The number of thiocarbonyl (C=S) groups is 1. The number of esters is 1. The first kappa shape index (κ1) is 18.5. The van der Waals surface area contributed by atoms with Crippen LogP contribution in [0.1, 0.15) is 25.5 Å². The normalized spacial score (nSPS) is 17.0. The van der Waals surface area contributed by atoms with E-state index in [-0.39, 0.29) is 0 Å². The van der Waals surface area contributed by atoms with Gasteiger partial charge >= 0.3 is 5.97 Å². The van der Waals surface area contributed by atoms with Crippen LogP contribution in [0.2, 0.25) is 0 Å². The highest BCUT2D eigenvalue weighted by atomic mass is 79.9. The lowest BCUT2D eigenvalue weighted by Gasteiger charge is -2.30. The van der Waals surface area contributed by atoms with Crippen LogP contribution in [0.3, 0.4) is 0 Å². The minimum absolute atomic E-state index is 0.294. The number of ether oxygens (including phenoxy) is 3. The molecule has 0 saturated heterocycles. The van der Waals surface area contributed by atoms with Gasteiger partial charge in [-0.2, -0.15) is 0 Å². The lowest BCUT2D eigenvalue weighted by atomic mass is 9.95. The number of nitrogens with one attached hydrogen (secondary N) is 2. The highest BCUT2D eigenvalue weighted by Gasteiger charge is 2.32. The molecule has 0 saturated carbocycles. The number of carbonyl (C=O) groups is 1. The molecule has 1 heterocycles. The molecule has 0 aromatic heterocycles. The molecule has 8 heteroatoms. The van der Waals surface area contributed by atoms with E-state index in [4.69, 9.17) is 26.4 Å². The Bertz CT molecular complexity index is 706. The van der Waals surface area contributed by atoms with Crippen LogP contribution in [0.5, 0.6) is 11.5 Å². The van der Waals surface area contributed by atoms with Crippen molar-refractivity contribution in [1.29, 1.82) is 0 Å². The highest BCUT2D eigenvalue weighted by Crippen LogP contribution is 2.40. The number of allylic oxidation sites excluding steroid dienone is 1. The first-order valence-electron chi connectivity index (χ1n) is 7.29. The van der Waals surface area contributed by atoms with Gasteiger partial charge in [-0.05, 0) is 59.7 Å². The van der Waals surface area contributed by atoms with Gasteiger partial charge in [-0.15, -0.1) is 0 Å². The Labute approximate surface area is 154 Å². The Hall–Kier alpha value is -1.80. The second-order valence-corrected chi connectivity index (χ2v) is 6.29. The summed E-state index contributed by atoms with van der Waals surface area (Å²) in [7, 11) is 3.12. The maximum absolute atomic E-state index is 12.4. The minimum Gasteiger partial charge on any atom is -0.493 e. The number of rotatable bonds is 5. The Morgan fingerprint density at radius 3 is 2.62 bits per heavy atom. The highest BCUT2D eigenvalue weighted by molar-refractivity contribution is 9.10. The van der Waals surface area contributed by atoms with Crippen molar-refractivity contribution in [2.75, 3.05) is 20.8 Å². The van der Waals surface area contributed by atoms with Crippen molar-refractivity contribution in [3.8, 4) is 11.5 Å². The first-order valence-corrected chi connectivity index (χ1v) is 8.49. The monoisotopic (exact) mass is 414 g/mol. The molecule has 0 radical (unpaired) electrons. The zero-order chi connectivity index (χ0) is 17.9. The number of benzene rings is 1. The van der Waals surface area contributed by atoms with Gasteiger partial charge in [-0.1, -0.05) is 0 Å². The van der Waals surface area contributed by atoms with Crippen molar-refractivity contribution in [3.63, 3.8) is 0 Å². The zero-order valence-corrected chi connectivity index (χ0v) is 16.3. The van der Waals surface area contributed by atoms with Gasteiger partial charge in [0, 0.05) is 5.70 Å². The lowest BCUT2D eigenvalue weighted by Crippen LogP contribution is -2.45. The molecular formula is C16H19BrN2O4S. The summed E-state index contributed by atoms with van der Waals surface area (Å²) in [5, 5.41) is 6.52. The smallest absolute Gasteiger partial charge is 0.338 e. The van der Waals surface area contributed by atoms with Crippen LogP contribution < -0.4 is 20.1 Å². The van der Waals surface area contributed by atoms with E-state index in [0.717, 1.165) is 5.56 Å². The van der Waals surface area contributed by atoms with Crippen molar-refractivity contribution in [3.05, 3.63) is 33.4 Å². The number of methoxy groups -OCH3 is 2. The quantitative estimate of drug-likeness (QED) is 0.566. The second-order valence-electron chi connectivity index (χ2n) is 5.03. The number of hydrogen-bond donors (Lipinski definition) is 2. The van der Waals surface area contributed by atoms with Crippen molar-refractivity contribution >= 4 is 39.2 Å². The summed E-state index contributed by atoms with van der Waals surface area (Å²) in [6.45, 7) is 3.86. The standard InChI is InChI=1S/C16H19BrN2O4S/c1-5-23-15(20)12-8(2)18-16(24)19-13(12)9-6-10(17)14(22-4)11(7-9)21-3/h6-7,13H,5H2,1-4H3,(H2,18,19,24)/t13-/m1/s1. The molecule has 1 aliphatic heterocycles. The summed E-state index contributed by atoms with van der Waals surface area (Å²) in [6.07, 6.45) is 0. The van der Waals surface area contributed by atoms with Crippen molar-refractivity contribution in [2.45, 2.75) is 19.9 Å². The predicted molar refractivity (Wildman–Crippen MR) is 98.2 cm³/mol. The Morgan fingerprint density at radius 1 is 1.33 bits per heavy atom. The molecular weight excluding hydrogens is 396 g/mol. The molecule has 2 N–H and O–H groups in total. The minimum atomic E-state index is -0.450. The molecule has 24 heavy (non-hydrogen) atoms. The van der Waals surface area contributed by atoms with Gasteiger partial charge in [0.1, 0.15) is 0 Å². The van der Waals surface area contributed by atoms with Crippen LogP contribution in [-0.4, -0.2) is 31.9 Å². The number of halogens is 1. The summed E-state index contributed by atoms with van der Waals surface area (Å²) >= 11 is 8.70. The SMILES string of the molecule is CCOC(=O)C1=C(C)NC(=S)N[C@@H]1c1cc(Br)c(OC)c(OC)c1. The van der Waals surface area contributed by atoms with Gasteiger partial charge in [0.25, 0.3) is 0 Å². The van der Waals surface area contributed by atoms with E-state index in [9.17, 15) is 4.79 Å². The topological polar surface area (TPSA) is 68.8 Å². The molecule has 0 unspecified atom stereocenters. The molecule has 0 amide bonds. The second kappa shape index (κ2) is 7.85. The van der Waals surface area contributed by atoms with Crippen molar-refractivity contribution in [2.24, 2.45) is 0 Å². The summed E-state index contributed by atoms with van der Waals surface area (Å²) in [5.74, 6) is 0.735. The van der Waals surface area contributed by atoms with E-state index in [1.807, 2.05) is 12.1 Å². The van der Waals surface area contributed by atoms with Gasteiger partial charge in [0.05, 0.1) is 36.9 Å². The van der Waals surface area contributed by atoms with Gasteiger partial charge in [0.2, 0.25) is 0 Å². The van der Waals surface area contributed by atoms with Crippen LogP contribution in [-0.2, 0) is 9.53 Å². The molecule has 6 nitrogen and oxygen atoms in total. The van der Waals surface area contributed by atoms with E-state index in [2.05, 4.69) is 26.6 Å². The van der Waals surface area contributed by atoms with E-state index in [1.54, 1.807) is 28.1 Å². The van der Waals surface area contributed by atoms with Gasteiger partial charge in [0.15, 0.2) is 16.6 Å². The summed E-state index contributed by atoms with van der Waals surface area (Å²) in [4.78, 5) is 12.4. The summed E-state index contributed by atoms with van der Waals surface area (Å²) in [6, 6.07) is 3.22. The van der Waals surface area contributed by atoms with Gasteiger partial charge in [-0.3, -0.25) is 0 Å². The average molecular weight is 415 g/mol. The molecule has 2 rings (SSSR count). The van der Waals surface area contributed by atoms with E-state index < -0.39 is 12.0 Å². The predicted octanol–water partition coefficient (Wildman–Crippen LogP) is 2.82. The maximum atomic E-state index is 12.4. The van der Waals surface area contributed by atoms with E-state index in [1.165, 1.54) is 0 Å². The number of hydrogen-bond acceptors (Lipinski definition) is 5. The third kappa shape index (κ3) is 3.64. The summed E-state index contributed by atoms with van der Waals surface area (Å²) < 4.78 is 16.6. The molecule has 0 bridgehead atoms. The molecule has 1 aromatic rings. The van der Waals surface area contributed by atoms with E-state index in [0.29, 0.717) is 39.0 Å². The fourth-order valence-electron chi connectivity index (χ4n) is 2.53. The summed E-state index contributed by atoms with van der Waals surface area (Å²) in [5.41, 5.74) is 1.93. The third-order valence-corrected chi connectivity index (χ3v) is 4.36. The number of carbonyl (C=O) groups excluding carboxylic acids is 1. The largest absolute Gasteiger partial charge is 0.493 e. The van der Waals surface area contributed by atoms with Gasteiger partial charge < -0.3 is 24.8 Å². The zero-order valence-electron chi connectivity index (χ0n) is 13.9. The Balaban J connectivity index is 2.55. The Morgan fingerprint density at radius 2 is 2.04 bits per heavy atom.